The van der Waals surface area contributed by atoms with Crippen LogP contribution in [0, 0.1) is 5.92 Å². The van der Waals surface area contributed by atoms with E-state index in [1.54, 1.807) is 26.4 Å². The van der Waals surface area contributed by atoms with Gasteiger partial charge in [0.1, 0.15) is 0 Å². The van der Waals surface area contributed by atoms with Crippen molar-refractivity contribution in [2.45, 2.75) is 0 Å². The van der Waals surface area contributed by atoms with E-state index in [0.29, 0.717) is 17.2 Å². The minimum atomic E-state index is -0.330. The van der Waals surface area contributed by atoms with Crippen LogP contribution >= 0.6 is 0 Å². The number of allylic oxidation sites excluding steroid dienone is 3. The molecule has 1 atom stereocenters. The highest BCUT2D eigenvalue weighted by molar-refractivity contribution is 6.18. The average Bonchev–Trinajstić information content (AvgIpc) is 2.28. The van der Waals surface area contributed by atoms with Gasteiger partial charge in [-0.05, 0) is 6.08 Å². The Bertz CT molecular complexity index is 416. The Morgan fingerprint density at radius 1 is 1.27 bits per heavy atom. The van der Waals surface area contributed by atoms with Gasteiger partial charge in [0.15, 0.2) is 17.3 Å². The zero-order valence-electron chi connectivity index (χ0n) is 8.56. The molecule has 1 aliphatic heterocycles. The quantitative estimate of drug-likeness (QED) is 0.680. The number of ketones is 1. The molecule has 4 nitrogen and oxygen atoms in total. The van der Waals surface area contributed by atoms with Gasteiger partial charge in [0.05, 0.1) is 25.8 Å². The smallest absolute Gasteiger partial charge is 0.170 e. The van der Waals surface area contributed by atoms with Crippen LogP contribution in [-0.2, 0) is 14.3 Å². The first-order valence-corrected chi connectivity index (χ1v) is 4.56. The predicted octanol–water partition coefficient (Wildman–Crippen LogP) is 1.21. The van der Waals surface area contributed by atoms with Crippen molar-refractivity contribution in [3.63, 3.8) is 0 Å². The first-order chi connectivity index (χ1) is 7.26. The number of carbonyl (C=O) groups excluding carboxylic acids is 1. The van der Waals surface area contributed by atoms with Gasteiger partial charge in [-0.2, -0.15) is 0 Å². The van der Waals surface area contributed by atoms with Gasteiger partial charge in [0.2, 0.25) is 0 Å². The minimum absolute atomic E-state index is 0.0148. The maximum atomic E-state index is 11.5. The standard InChI is InChI=1S/C11H11NO3/c1-14-10-5-7-8(6-11(10)15-2)12-4-3-9(7)13/h3-7H,1-2H3. The van der Waals surface area contributed by atoms with Crippen LogP contribution in [0.2, 0.25) is 0 Å². The van der Waals surface area contributed by atoms with Gasteiger partial charge in [0, 0.05) is 18.4 Å². The molecule has 4 heteroatoms. The molecule has 0 aromatic carbocycles. The third kappa shape index (κ3) is 1.58. The average molecular weight is 205 g/mol. The van der Waals surface area contributed by atoms with Crippen LogP contribution in [0.4, 0.5) is 0 Å². The molecule has 0 aromatic rings. The third-order valence-corrected chi connectivity index (χ3v) is 2.37. The number of aliphatic imine (C=N–C) groups is 1. The number of ether oxygens (including phenoxy) is 2. The summed E-state index contributed by atoms with van der Waals surface area (Å²) in [4.78, 5) is 15.7. The zero-order valence-corrected chi connectivity index (χ0v) is 8.56. The number of hydrogen-bond acceptors (Lipinski definition) is 4. The fraction of sp³-hybridized carbons (Fsp3) is 0.273. The molecule has 78 valence electrons. The van der Waals surface area contributed by atoms with E-state index >= 15 is 0 Å². The van der Waals surface area contributed by atoms with Crippen molar-refractivity contribution in [1.82, 2.24) is 0 Å². The third-order valence-electron chi connectivity index (χ3n) is 2.37. The number of nitrogens with zero attached hydrogens (tertiary/aromatic N) is 1. The Balaban J connectivity index is 2.42. The summed E-state index contributed by atoms with van der Waals surface area (Å²) in [6, 6.07) is 0. The van der Waals surface area contributed by atoms with E-state index in [1.165, 1.54) is 12.3 Å². The lowest BCUT2D eigenvalue weighted by molar-refractivity contribution is -0.115. The predicted molar refractivity (Wildman–Crippen MR) is 55.3 cm³/mol. The number of hydrogen-bond donors (Lipinski definition) is 0. The Morgan fingerprint density at radius 3 is 2.67 bits per heavy atom. The van der Waals surface area contributed by atoms with Crippen molar-refractivity contribution < 1.29 is 14.3 Å². The summed E-state index contributed by atoms with van der Waals surface area (Å²) in [6.45, 7) is 0. The molecule has 15 heavy (non-hydrogen) atoms. The molecule has 1 heterocycles. The lowest BCUT2D eigenvalue weighted by atomic mass is 9.91. The Morgan fingerprint density at radius 2 is 2.00 bits per heavy atom. The highest BCUT2D eigenvalue weighted by atomic mass is 16.5. The second kappa shape index (κ2) is 3.73. The lowest BCUT2D eigenvalue weighted by Crippen LogP contribution is -2.25. The maximum absolute atomic E-state index is 11.5. The summed E-state index contributed by atoms with van der Waals surface area (Å²) in [5.41, 5.74) is 0.695. The normalized spacial score (nSPS) is 23.7. The van der Waals surface area contributed by atoms with E-state index in [-0.39, 0.29) is 11.7 Å². The second-order valence-electron chi connectivity index (χ2n) is 3.20. The van der Waals surface area contributed by atoms with Gasteiger partial charge >= 0.3 is 0 Å². The fourth-order valence-corrected chi connectivity index (χ4v) is 1.59. The van der Waals surface area contributed by atoms with E-state index in [2.05, 4.69) is 4.99 Å². The van der Waals surface area contributed by atoms with Gasteiger partial charge in [-0.15, -0.1) is 0 Å². The molecule has 2 aliphatic rings. The van der Waals surface area contributed by atoms with Crippen molar-refractivity contribution >= 4 is 11.5 Å². The van der Waals surface area contributed by atoms with Crippen molar-refractivity contribution in [2.24, 2.45) is 10.9 Å². The fourth-order valence-electron chi connectivity index (χ4n) is 1.59. The van der Waals surface area contributed by atoms with Crippen molar-refractivity contribution in [2.75, 3.05) is 14.2 Å². The van der Waals surface area contributed by atoms with Crippen LogP contribution in [0.5, 0.6) is 0 Å². The molecule has 0 spiro atoms. The van der Waals surface area contributed by atoms with Gasteiger partial charge < -0.3 is 9.47 Å². The Kier molecular flexibility index (Phi) is 2.41. The van der Waals surface area contributed by atoms with E-state index < -0.39 is 0 Å². The van der Waals surface area contributed by atoms with Crippen LogP contribution in [0.3, 0.4) is 0 Å². The molecule has 0 bridgehead atoms. The van der Waals surface area contributed by atoms with Crippen LogP contribution in [0.15, 0.2) is 40.9 Å². The van der Waals surface area contributed by atoms with Crippen LogP contribution in [-0.4, -0.2) is 25.7 Å². The molecule has 0 fully saturated rings. The topological polar surface area (TPSA) is 47.9 Å². The van der Waals surface area contributed by atoms with E-state index in [0.717, 1.165) is 0 Å². The first kappa shape index (κ1) is 9.71. The summed E-state index contributed by atoms with van der Waals surface area (Å²) in [7, 11) is 3.10. The van der Waals surface area contributed by atoms with Gasteiger partial charge in [-0.1, -0.05) is 0 Å². The summed E-state index contributed by atoms with van der Waals surface area (Å²) in [5, 5.41) is 0. The highest BCUT2D eigenvalue weighted by Gasteiger charge is 2.28. The molecule has 1 aliphatic carbocycles. The number of carbonyl (C=O) groups is 1. The largest absolute Gasteiger partial charge is 0.493 e. The molecular weight excluding hydrogens is 194 g/mol. The SMILES string of the molecule is COC1=CC2=NC=CC(=O)C2C=C1OC. The highest BCUT2D eigenvalue weighted by Crippen LogP contribution is 2.25. The Labute approximate surface area is 87.6 Å². The molecule has 0 saturated carbocycles. The molecular formula is C11H11NO3. The summed E-state index contributed by atoms with van der Waals surface area (Å²) >= 11 is 0. The first-order valence-electron chi connectivity index (χ1n) is 4.56. The molecule has 0 saturated heterocycles. The number of rotatable bonds is 2. The Hall–Kier alpha value is -1.84. The van der Waals surface area contributed by atoms with Crippen LogP contribution in [0.25, 0.3) is 0 Å². The van der Waals surface area contributed by atoms with Gasteiger partial charge in [-0.3, -0.25) is 9.79 Å². The summed E-state index contributed by atoms with van der Waals surface area (Å²) in [6.07, 6.45) is 6.42. The van der Waals surface area contributed by atoms with Crippen molar-refractivity contribution in [1.29, 1.82) is 0 Å². The maximum Gasteiger partial charge on any atom is 0.170 e. The van der Waals surface area contributed by atoms with Gasteiger partial charge in [-0.25, -0.2) is 0 Å². The second-order valence-corrected chi connectivity index (χ2v) is 3.20. The summed E-state index contributed by atoms with van der Waals surface area (Å²) in [5.74, 6) is 0.852. The molecule has 0 aromatic heterocycles. The zero-order chi connectivity index (χ0) is 10.8. The minimum Gasteiger partial charge on any atom is -0.493 e. The molecule has 1 unspecified atom stereocenters. The molecule has 0 N–H and O–H groups in total. The molecule has 0 radical (unpaired) electrons. The van der Waals surface area contributed by atoms with Crippen molar-refractivity contribution in [3.05, 3.63) is 35.9 Å². The number of methoxy groups -OCH3 is 2. The lowest BCUT2D eigenvalue weighted by Gasteiger charge is -2.21. The van der Waals surface area contributed by atoms with Crippen LogP contribution < -0.4 is 0 Å². The summed E-state index contributed by atoms with van der Waals surface area (Å²) < 4.78 is 10.3. The van der Waals surface area contributed by atoms with Gasteiger partial charge in [0.25, 0.3) is 0 Å². The number of fused-ring (bicyclic) bond motifs is 1. The van der Waals surface area contributed by atoms with E-state index in [4.69, 9.17) is 9.47 Å². The van der Waals surface area contributed by atoms with E-state index in [9.17, 15) is 4.79 Å². The monoisotopic (exact) mass is 205 g/mol. The molecule has 2 rings (SSSR count). The van der Waals surface area contributed by atoms with Crippen LogP contribution in [0.1, 0.15) is 0 Å². The molecule has 0 amide bonds. The van der Waals surface area contributed by atoms with E-state index in [1.807, 2.05) is 0 Å². The van der Waals surface area contributed by atoms with Crippen molar-refractivity contribution in [3.8, 4) is 0 Å².